The Bertz CT molecular complexity index is 187. The van der Waals surface area contributed by atoms with Crippen molar-refractivity contribution in [3.63, 3.8) is 0 Å². The predicted octanol–water partition coefficient (Wildman–Crippen LogP) is 0.693. The van der Waals surface area contributed by atoms with Crippen LogP contribution in [0.4, 0.5) is 4.39 Å². The maximum absolute atomic E-state index is 12.4. The van der Waals surface area contributed by atoms with E-state index in [1.54, 1.807) is 0 Å². The molecule has 0 bridgehead atoms. The van der Waals surface area contributed by atoms with Gasteiger partial charge in [-0.3, -0.25) is 4.99 Å². The molecule has 2 atom stereocenters. The van der Waals surface area contributed by atoms with Crippen molar-refractivity contribution in [3.8, 4) is 0 Å². The van der Waals surface area contributed by atoms with E-state index in [9.17, 15) is 4.39 Å². The van der Waals surface area contributed by atoms with Crippen LogP contribution in [0.5, 0.6) is 0 Å². The highest BCUT2D eigenvalue weighted by atomic mass is 19.1. The van der Waals surface area contributed by atoms with Crippen molar-refractivity contribution in [1.29, 1.82) is 5.41 Å². The summed E-state index contributed by atoms with van der Waals surface area (Å²) in [5, 5.41) is 9.28. The molecule has 0 spiro atoms. The molecular formula is C6H8FN3. The van der Waals surface area contributed by atoms with Gasteiger partial charge >= 0.3 is 0 Å². The topological polar surface area (TPSA) is 48.2 Å². The maximum Gasteiger partial charge on any atom is 0.185 e. The van der Waals surface area contributed by atoms with Crippen molar-refractivity contribution in [2.24, 2.45) is 10.9 Å². The molecule has 1 rings (SSSR count). The Hall–Kier alpha value is -1.19. The molecule has 4 heteroatoms. The third-order valence-corrected chi connectivity index (χ3v) is 1.38. The molecule has 0 aliphatic carbocycles. The zero-order valence-electron chi connectivity index (χ0n) is 5.34. The van der Waals surface area contributed by atoms with Crippen LogP contribution in [0.25, 0.3) is 0 Å². The lowest BCUT2D eigenvalue weighted by atomic mass is 10.1. The fourth-order valence-electron chi connectivity index (χ4n) is 0.852. The first kappa shape index (κ1) is 6.92. The summed E-state index contributed by atoms with van der Waals surface area (Å²) in [6.45, 7) is 3.26. The summed E-state index contributed by atoms with van der Waals surface area (Å²) in [6.07, 6.45) is 2.06. The van der Waals surface area contributed by atoms with Crippen LogP contribution in [0.2, 0.25) is 0 Å². The Morgan fingerprint density at radius 2 is 2.60 bits per heavy atom. The number of hydrogen-bond acceptors (Lipinski definition) is 3. The molecule has 0 saturated carbocycles. The first-order valence-electron chi connectivity index (χ1n) is 2.88. The van der Waals surface area contributed by atoms with Crippen molar-refractivity contribution >= 4 is 12.9 Å². The second kappa shape index (κ2) is 2.60. The molecule has 0 radical (unpaired) electrons. The van der Waals surface area contributed by atoms with Crippen molar-refractivity contribution in [2.75, 3.05) is 0 Å². The zero-order chi connectivity index (χ0) is 7.56. The fraction of sp³-hybridized carbons (Fsp3) is 0.333. The molecule has 10 heavy (non-hydrogen) atoms. The lowest BCUT2D eigenvalue weighted by molar-refractivity contribution is 0.506. The van der Waals surface area contributed by atoms with Gasteiger partial charge in [0.15, 0.2) is 5.95 Å². The van der Waals surface area contributed by atoms with E-state index in [-0.39, 0.29) is 5.92 Å². The molecule has 0 aromatic rings. The quantitative estimate of drug-likeness (QED) is 0.431. The van der Waals surface area contributed by atoms with E-state index in [1.807, 2.05) is 0 Å². The van der Waals surface area contributed by atoms with Crippen molar-refractivity contribution in [1.82, 2.24) is 5.32 Å². The second-order valence-electron chi connectivity index (χ2n) is 2.03. The number of halogens is 1. The smallest absolute Gasteiger partial charge is 0.185 e. The van der Waals surface area contributed by atoms with E-state index < -0.39 is 12.1 Å². The first-order valence-corrected chi connectivity index (χ1v) is 2.88. The Morgan fingerprint density at radius 1 is 1.90 bits per heavy atom. The van der Waals surface area contributed by atoms with Gasteiger partial charge < -0.3 is 10.7 Å². The summed E-state index contributed by atoms with van der Waals surface area (Å²) in [4.78, 5) is 3.59. The van der Waals surface area contributed by atoms with Crippen LogP contribution in [-0.4, -0.2) is 19.1 Å². The molecule has 2 unspecified atom stereocenters. The molecule has 0 fully saturated rings. The third-order valence-electron chi connectivity index (χ3n) is 1.38. The summed E-state index contributed by atoms with van der Waals surface area (Å²) in [6, 6.07) is 0. The van der Waals surface area contributed by atoms with Crippen molar-refractivity contribution in [3.05, 3.63) is 12.0 Å². The highest BCUT2D eigenvalue weighted by Crippen LogP contribution is 2.15. The van der Waals surface area contributed by atoms with E-state index >= 15 is 0 Å². The molecule has 0 aromatic heterocycles. The number of rotatable bonds is 2. The standard InChI is InChI=1S/C6H8FN3/c1-9-6-4(3-8)2-5(7)10-6/h2-4,6,8,10H,1H2. The van der Waals surface area contributed by atoms with Gasteiger partial charge in [0.2, 0.25) is 0 Å². The van der Waals surface area contributed by atoms with Crippen LogP contribution in [0, 0.1) is 11.3 Å². The molecule has 3 nitrogen and oxygen atoms in total. The van der Waals surface area contributed by atoms with Gasteiger partial charge in [-0.2, -0.15) is 4.39 Å². The summed E-state index contributed by atoms with van der Waals surface area (Å²) in [5.74, 6) is -0.705. The Kier molecular flexibility index (Phi) is 1.80. The Balaban J connectivity index is 2.68. The summed E-state index contributed by atoms with van der Waals surface area (Å²) < 4.78 is 12.4. The number of nitrogens with one attached hydrogen (secondary N) is 2. The molecule has 0 amide bonds. The number of aliphatic imine (C=N–C) groups is 1. The molecule has 1 aliphatic heterocycles. The zero-order valence-corrected chi connectivity index (χ0v) is 5.34. The van der Waals surface area contributed by atoms with Crippen LogP contribution < -0.4 is 5.32 Å². The summed E-state index contributed by atoms with van der Waals surface area (Å²) in [5.41, 5.74) is 0. The first-order chi connectivity index (χ1) is 4.77. The van der Waals surface area contributed by atoms with Gasteiger partial charge in [0.1, 0.15) is 6.17 Å². The highest BCUT2D eigenvalue weighted by Gasteiger charge is 2.23. The Labute approximate surface area is 58.2 Å². The number of hydrogen-bond donors (Lipinski definition) is 2. The fourth-order valence-corrected chi connectivity index (χ4v) is 0.852. The van der Waals surface area contributed by atoms with Crippen LogP contribution in [0.1, 0.15) is 0 Å². The van der Waals surface area contributed by atoms with Crippen LogP contribution in [-0.2, 0) is 0 Å². The van der Waals surface area contributed by atoms with Gasteiger partial charge in [-0.15, -0.1) is 0 Å². The average molecular weight is 141 g/mol. The van der Waals surface area contributed by atoms with E-state index in [1.165, 1.54) is 6.08 Å². The van der Waals surface area contributed by atoms with Gasteiger partial charge in [-0.1, -0.05) is 0 Å². The van der Waals surface area contributed by atoms with Gasteiger partial charge in [0.25, 0.3) is 0 Å². The lowest BCUT2D eigenvalue weighted by Crippen LogP contribution is -2.25. The van der Waals surface area contributed by atoms with E-state index in [2.05, 4.69) is 17.0 Å². The highest BCUT2D eigenvalue weighted by molar-refractivity contribution is 5.62. The van der Waals surface area contributed by atoms with Crippen LogP contribution >= 0.6 is 0 Å². The third kappa shape index (κ3) is 1.05. The van der Waals surface area contributed by atoms with E-state index in [0.29, 0.717) is 0 Å². The van der Waals surface area contributed by atoms with Gasteiger partial charge in [-0.25, -0.2) is 0 Å². The second-order valence-corrected chi connectivity index (χ2v) is 2.03. The minimum Gasteiger partial charge on any atom is -0.340 e. The van der Waals surface area contributed by atoms with Gasteiger partial charge in [0.05, 0.1) is 5.92 Å². The molecule has 0 aromatic carbocycles. The summed E-state index contributed by atoms with van der Waals surface area (Å²) in [7, 11) is 0. The monoisotopic (exact) mass is 141 g/mol. The average Bonchev–Trinajstić information content (AvgIpc) is 2.30. The van der Waals surface area contributed by atoms with Crippen molar-refractivity contribution in [2.45, 2.75) is 6.17 Å². The molecular weight excluding hydrogens is 133 g/mol. The van der Waals surface area contributed by atoms with Crippen LogP contribution in [0.15, 0.2) is 17.0 Å². The minimum absolute atomic E-state index is 0.280. The van der Waals surface area contributed by atoms with Crippen molar-refractivity contribution < 1.29 is 4.39 Å². The maximum atomic E-state index is 12.4. The Morgan fingerprint density at radius 3 is 3.00 bits per heavy atom. The molecule has 2 N–H and O–H groups in total. The molecule has 1 aliphatic rings. The molecule has 54 valence electrons. The molecule has 1 heterocycles. The van der Waals surface area contributed by atoms with Crippen LogP contribution in [0.3, 0.4) is 0 Å². The normalized spacial score (nSPS) is 30.7. The SMILES string of the molecule is C=NC1NC(F)=CC1C=N. The number of nitrogens with zero attached hydrogens (tertiary/aromatic N) is 1. The summed E-state index contributed by atoms with van der Waals surface area (Å²) >= 11 is 0. The molecule has 0 saturated heterocycles. The largest absolute Gasteiger partial charge is 0.340 e. The predicted molar refractivity (Wildman–Crippen MR) is 37.9 cm³/mol. The van der Waals surface area contributed by atoms with E-state index in [0.717, 1.165) is 6.21 Å². The van der Waals surface area contributed by atoms with E-state index in [4.69, 9.17) is 5.41 Å². The minimum atomic E-state index is -0.425. The lowest BCUT2D eigenvalue weighted by Gasteiger charge is -2.08. The van der Waals surface area contributed by atoms with Gasteiger partial charge in [-0.05, 0) is 12.8 Å². The van der Waals surface area contributed by atoms with Gasteiger partial charge in [0, 0.05) is 6.21 Å².